The van der Waals surface area contributed by atoms with Crippen LogP contribution in [0, 0.1) is 0 Å². The molecule has 0 aliphatic carbocycles. The highest BCUT2D eigenvalue weighted by atomic mass is 32.1. The number of rotatable bonds is 5. The standard InChI is InChI=1S/C23H20N2O4S/c1-3-28-22(27)19-15(2)24-23-25(20(19)16-9-5-4-6-10-16)21(26)18(30-23)13-7-11-17-12-8-14-29-17/h4-14,20H,3H2,1-2H3/b11-7+,18-13-. The van der Waals surface area contributed by atoms with Crippen molar-refractivity contribution in [1.82, 2.24) is 4.57 Å². The third-order valence-electron chi connectivity index (χ3n) is 4.68. The third-order valence-corrected chi connectivity index (χ3v) is 5.68. The highest BCUT2D eigenvalue weighted by molar-refractivity contribution is 7.07. The molecule has 0 fully saturated rings. The molecule has 1 aliphatic rings. The summed E-state index contributed by atoms with van der Waals surface area (Å²) >= 11 is 1.29. The van der Waals surface area contributed by atoms with Gasteiger partial charge in [-0.05, 0) is 43.7 Å². The highest BCUT2D eigenvalue weighted by Gasteiger charge is 2.33. The van der Waals surface area contributed by atoms with E-state index in [9.17, 15) is 9.59 Å². The fourth-order valence-corrected chi connectivity index (χ4v) is 4.37. The average molecular weight is 420 g/mol. The lowest BCUT2D eigenvalue weighted by Gasteiger charge is -2.24. The second-order valence-corrected chi connectivity index (χ2v) is 7.62. The van der Waals surface area contributed by atoms with Gasteiger partial charge in [-0.2, -0.15) is 0 Å². The number of benzene rings is 1. The van der Waals surface area contributed by atoms with Gasteiger partial charge in [-0.3, -0.25) is 9.36 Å². The molecular formula is C23H20N2O4S. The number of furan rings is 1. The van der Waals surface area contributed by atoms with E-state index < -0.39 is 12.0 Å². The van der Waals surface area contributed by atoms with Crippen LogP contribution >= 0.6 is 11.3 Å². The Labute approximate surface area is 176 Å². The van der Waals surface area contributed by atoms with Crippen LogP contribution in [-0.2, 0) is 9.53 Å². The molecular weight excluding hydrogens is 400 g/mol. The number of aromatic nitrogens is 1. The van der Waals surface area contributed by atoms with Crippen molar-refractivity contribution in [1.29, 1.82) is 0 Å². The molecule has 1 unspecified atom stereocenters. The first-order valence-corrected chi connectivity index (χ1v) is 10.4. The number of nitrogens with zero attached hydrogens (tertiary/aromatic N) is 2. The quantitative estimate of drug-likeness (QED) is 0.595. The van der Waals surface area contributed by atoms with E-state index in [0.29, 0.717) is 26.4 Å². The molecule has 0 bridgehead atoms. The summed E-state index contributed by atoms with van der Waals surface area (Å²) in [6, 6.07) is 12.5. The van der Waals surface area contributed by atoms with Gasteiger partial charge < -0.3 is 9.15 Å². The number of fused-ring (bicyclic) bond motifs is 1. The van der Waals surface area contributed by atoms with Gasteiger partial charge in [-0.1, -0.05) is 47.7 Å². The van der Waals surface area contributed by atoms with Crippen LogP contribution in [0.5, 0.6) is 0 Å². The molecule has 3 aromatic rings. The van der Waals surface area contributed by atoms with Crippen molar-refractivity contribution in [2.75, 3.05) is 6.61 Å². The third kappa shape index (κ3) is 3.71. The smallest absolute Gasteiger partial charge is 0.338 e. The molecule has 3 heterocycles. The first-order chi connectivity index (χ1) is 14.6. The maximum absolute atomic E-state index is 13.3. The van der Waals surface area contributed by atoms with Gasteiger partial charge in [0.25, 0.3) is 5.56 Å². The number of carbonyl (C=O) groups is 1. The lowest BCUT2D eigenvalue weighted by Crippen LogP contribution is -2.39. The number of hydrogen-bond acceptors (Lipinski definition) is 6. The average Bonchev–Trinajstić information content (AvgIpc) is 3.36. The molecule has 0 saturated carbocycles. The van der Waals surface area contributed by atoms with Gasteiger partial charge in [0.15, 0.2) is 4.80 Å². The van der Waals surface area contributed by atoms with Crippen molar-refractivity contribution in [3.63, 3.8) is 0 Å². The van der Waals surface area contributed by atoms with E-state index in [1.165, 1.54) is 11.3 Å². The Balaban J connectivity index is 1.87. The van der Waals surface area contributed by atoms with Crippen LogP contribution in [-0.4, -0.2) is 17.1 Å². The number of thiazole rings is 1. The fourth-order valence-electron chi connectivity index (χ4n) is 3.37. The Hall–Kier alpha value is -3.45. The summed E-state index contributed by atoms with van der Waals surface area (Å²) in [6.07, 6.45) is 6.87. The number of carbonyl (C=O) groups excluding carboxylic acids is 1. The van der Waals surface area contributed by atoms with Gasteiger partial charge in [0.1, 0.15) is 5.76 Å². The molecule has 30 heavy (non-hydrogen) atoms. The van der Waals surface area contributed by atoms with E-state index in [-0.39, 0.29) is 12.2 Å². The summed E-state index contributed by atoms with van der Waals surface area (Å²) in [7, 11) is 0. The van der Waals surface area contributed by atoms with Gasteiger partial charge in [-0.15, -0.1) is 0 Å². The van der Waals surface area contributed by atoms with Gasteiger partial charge in [0, 0.05) is 0 Å². The van der Waals surface area contributed by atoms with Crippen molar-refractivity contribution >= 4 is 29.5 Å². The van der Waals surface area contributed by atoms with E-state index in [4.69, 9.17) is 9.15 Å². The van der Waals surface area contributed by atoms with Gasteiger partial charge in [0.05, 0.1) is 34.7 Å². The van der Waals surface area contributed by atoms with Gasteiger partial charge >= 0.3 is 5.97 Å². The molecule has 0 N–H and O–H groups in total. The zero-order valence-corrected chi connectivity index (χ0v) is 17.4. The molecule has 1 aliphatic heterocycles. The second-order valence-electron chi connectivity index (χ2n) is 6.61. The van der Waals surface area contributed by atoms with Crippen LogP contribution < -0.4 is 14.9 Å². The first kappa shape index (κ1) is 19.8. The number of ether oxygens (including phenoxy) is 1. The van der Waals surface area contributed by atoms with Crippen molar-refractivity contribution in [2.45, 2.75) is 19.9 Å². The van der Waals surface area contributed by atoms with Gasteiger partial charge in [0.2, 0.25) is 0 Å². The molecule has 0 amide bonds. The summed E-state index contributed by atoms with van der Waals surface area (Å²) in [6.45, 7) is 3.78. The predicted molar refractivity (Wildman–Crippen MR) is 115 cm³/mol. The SMILES string of the molecule is CCOC(=O)C1=C(C)N=c2s/c(=C\C=C\c3ccco3)c(=O)n2C1c1ccccc1. The molecule has 1 atom stereocenters. The van der Waals surface area contributed by atoms with E-state index in [1.54, 1.807) is 49.0 Å². The molecule has 152 valence electrons. The normalized spacial score (nSPS) is 16.6. The van der Waals surface area contributed by atoms with Crippen molar-refractivity contribution in [2.24, 2.45) is 4.99 Å². The van der Waals surface area contributed by atoms with Crippen LogP contribution in [0.1, 0.15) is 31.2 Å². The molecule has 4 rings (SSSR count). The Morgan fingerprint density at radius 2 is 2.07 bits per heavy atom. The molecule has 2 aromatic heterocycles. The minimum Gasteiger partial charge on any atom is -0.465 e. The predicted octanol–water partition coefficient (Wildman–Crippen LogP) is 3.06. The molecule has 6 nitrogen and oxygen atoms in total. The monoisotopic (exact) mass is 420 g/mol. The van der Waals surface area contributed by atoms with E-state index >= 15 is 0 Å². The summed E-state index contributed by atoms with van der Waals surface area (Å²) < 4.78 is 12.6. The molecule has 0 spiro atoms. The fraction of sp³-hybridized carbons (Fsp3) is 0.174. The summed E-state index contributed by atoms with van der Waals surface area (Å²) in [4.78, 5) is 31.1. The van der Waals surface area contributed by atoms with Gasteiger partial charge in [-0.25, -0.2) is 9.79 Å². The van der Waals surface area contributed by atoms with E-state index in [0.717, 1.165) is 5.56 Å². The number of hydrogen-bond donors (Lipinski definition) is 0. The van der Waals surface area contributed by atoms with Crippen LogP contribution in [0.15, 0.2) is 80.3 Å². The number of allylic oxidation sites excluding steroid dienone is 2. The Kier molecular flexibility index (Phi) is 5.63. The zero-order chi connectivity index (χ0) is 21.1. The first-order valence-electron chi connectivity index (χ1n) is 9.55. The Bertz CT molecular complexity index is 1300. The molecule has 7 heteroatoms. The highest BCUT2D eigenvalue weighted by Crippen LogP contribution is 2.30. The second kappa shape index (κ2) is 8.51. The van der Waals surface area contributed by atoms with Crippen molar-refractivity contribution < 1.29 is 13.9 Å². The lowest BCUT2D eigenvalue weighted by atomic mass is 9.96. The molecule has 1 aromatic carbocycles. The molecule has 0 radical (unpaired) electrons. The maximum Gasteiger partial charge on any atom is 0.338 e. The van der Waals surface area contributed by atoms with Crippen LogP contribution in [0.25, 0.3) is 12.2 Å². The van der Waals surface area contributed by atoms with E-state index in [2.05, 4.69) is 4.99 Å². The summed E-state index contributed by atoms with van der Waals surface area (Å²) in [5.74, 6) is 0.237. The van der Waals surface area contributed by atoms with Crippen molar-refractivity contribution in [3.05, 3.63) is 97.1 Å². The minimum absolute atomic E-state index is 0.203. The van der Waals surface area contributed by atoms with Crippen LogP contribution in [0.2, 0.25) is 0 Å². The van der Waals surface area contributed by atoms with Crippen LogP contribution in [0.3, 0.4) is 0 Å². The van der Waals surface area contributed by atoms with Crippen LogP contribution in [0.4, 0.5) is 0 Å². The molecule has 0 saturated heterocycles. The zero-order valence-electron chi connectivity index (χ0n) is 16.6. The Morgan fingerprint density at radius 3 is 2.77 bits per heavy atom. The topological polar surface area (TPSA) is 73.8 Å². The summed E-state index contributed by atoms with van der Waals surface area (Å²) in [5.41, 5.74) is 1.56. The van der Waals surface area contributed by atoms with Crippen molar-refractivity contribution in [3.8, 4) is 0 Å². The van der Waals surface area contributed by atoms with E-state index in [1.807, 2.05) is 36.4 Å². The largest absolute Gasteiger partial charge is 0.465 e. The summed E-state index contributed by atoms with van der Waals surface area (Å²) in [5, 5.41) is 0. The maximum atomic E-state index is 13.3. The Morgan fingerprint density at radius 1 is 1.27 bits per heavy atom. The lowest BCUT2D eigenvalue weighted by molar-refractivity contribution is -0.139. The minimum atomic E-state index is -0.585. The number of esters is 1.